The lowest BCUT2D eigenvalue weighted by atomic mass is 10.1. The fraction of sp³-hybridized carbons (Fsp3) is 0.436. The summed E-state index contributed by atoms with van der Waals surface area (Å²) >= 11 is 0. The molecule has 2 saturated heterocycles. The van der Waals surface area contributed by atoms with Gasteiger partial charge in [0.2, 0.25) is 0 Å². The summed E-state index contributed by atoms with van der Waals surface area (Å²) in [5, 5.41) is 2.48. The van der Waals surface area contributed by atoms with Gasteiger partial charge in [-0.2, -0.15) is 0 Å². The minimum absolute atomic E-state index is 0.00217. The summed E-state index contributed by atoms with van der Waals surface area (Å²) in [6.07, 6.45) is 3.30. The minimum Gasteiger partial charge on any atom is -0.444 e. The Labute approximate surface area is 326 Å². The highest BCUT2D eigenvalue weighted by atomic mass is 19.2. The van der Waals surface area contributed by atoms with E-state index in [1.807, 2.05) is 0 Å². The number of ketones is 3. The highest BCUT2D eigenvalue weighted by molar-refractivity contribution is 5.93. The monoisotopic (exact) mass is 801 g/mol. The van der Waals surface area contributed by atoms with Gasteiger partial charge in [-0.25, -0.2) is 31.9 Å². The minimum atomic E-state index is -1.20. The Bertz CT molecular complexity index is 1990. The number of carbonyl (C=O) groups is 6. The van der Waals surface area contributed by atoms with Crippen molar-refractivity contribution in [1.29, 1.82) is 0 Å². The summed E-state index contributed by atoms with van der Waals surface area (Å²) in [6.45, 7) is 7.33. The number of hydrogen-bond acceptors (Lipinski definition) is 11. The molecular weight excluding hydrogens is 758 g/mol. The second-order valence-electron chi connectivity index (χ2n) is 14.5. The highest BCUT2D eigenvalue weighted by Gasteiger charge is 2.37. The Balaban J connectivity index is 0.000000219. The Morgan fingerprint density at radius 1 is 0.737 bits per heavy atom. The van der Waals surface area contributed by atoms with Crippen LogP contribution in [0.2, 0.25) is 0 Å². The van der Waals surface area contributed by atoms with Crippen LogP contribution in [-0.4, -0.2) is 86.2 Å². The SMILES string of the molecule is CC(C)(C)OC(=O)NC[C@H]1CN(c2ccc(N3C=CC(=O)CC3)c(F)c2F)C(=O)O1.CCC(=O)CC[C@H]1CN(c2ccc(N3C=CC(=O)CC3)c(F)c2F)C(=O)O1. The van der Waals surface area contributed by atoms with Crippen LogP contribution in [0.5, 0.6) is 0 Å². The van der Waals surface area contributed by atoms with Crippen LogP contribution in [-0.2, 0) is 28.6 Å². The number of halogens is 4. The van der Waals surface area contributed by atoms with Crippen molar-refractivity contribution < 1.29 is 60.5 Å². The van der Waals surface area contributed by atoms with Crippen molar-refractivity contribution in [3.05, 3.63) is 72.1 Å². The molecule has 306 valence electrons. The third-order valence-corrected chi connectivity index (χ3v) is 9.12. The quantitative estimate of drug-likeness (QED) is 0.208. The van der Waals surface area contributed by atoms with Crippen LogP contribution in [0.15, 0.2) is 48.8 Å². The predicted molar refractivity (Wildman–Crippen MR) is 199 cm³/mol. The van der Waals surface area contributed by atoms with Crippen LogP contribution in [0.25, 0.3) is 0 Å². The summed E-state index contributed by atoms with van der Waals surface area (Å²) in [6, 6.07) is 5.31. The number of ether oxygens (including phenoxy) is 3. The molecule has 6 rings (SSSR count). The van der Waals surface area contributed by atoms with Crippen molar-refractivity contribution in [3.8, 4) is 0 Å². The number of nitrogens with one attached hydrogen (secondary N) is 1. The second kappa shape index (κ2) is 17.9. The van der Waals surface area contributed by atoms with Crippen LogP contribution in [0.3, 0.4) is 0 Å². The molecule has 4 aliphatic rings. The lowest BCUT2D eigenvalue weighted by molar-refractivity contribution is -0.119. The number of hydrogen-bond donors (Lipinski definition) is 1. The van der Waals surface area contributed by atoms with Crippen molar-refractivity contribution in [2.24, 2.45) is 0 Å². The van der Waals surface area contributed by atoms with Crippen LogP contribution in [0, 0.1) is 23.3 Å². The molecule has 0 aliphatic carbocycles. The molecule has 4 heterocycles. The Kier molecular flexibility index (Phi) is 13.2. The summed E-state index contributed by atoms with van der Waals surface area (Å²) in [5.74, 6) is -4.68. The molecular formula is C39H43F4N5O9. The van der Waals surface area contributed by atoms with Crippen LogP contribution >= 0.6 is 0 Å². The molecule has 14 nitrogen and oxygen atoms in total. The third-order valence-electron chi connectivity index (χ3n) is 9.12. The smallest absolute Gasteiger partial charge is 0.414 e. The number of Topliss-reactive ketones (excluding diaryl/α,β-unsaturated/α-hetero) is 1. The fourth-order valence-electron chi connectivity index (χ4n) is 6.15. The van der Waals surface area contributed by atoms with Crippen molar-refractivity contribution >= 4 is 58.4 Å². The maximum atomic E-state index is 14.7. The van der Waals surface area contributed by atoms with Gasteiger partial charge in [0, 0.05) is 51.2 Å². The molecule has 1 N–H and O–H groups in total. The Hall–Kier alpha value is -5.94. The van der Waals surface area contributed by atoms with Gasteiger partial charge >= 0.3 is 18.3 Å². The maximum Gasteiger partial charge on any atom is 0.414 e. The van der Waals surface area contributed by atoms with E-state index >= 15 is 0 Å². The lowest BCUT2D eigenvalue weighted by Gasteiger charge is -2.24. The van der Waals surface area contributed by atoms with Crippen LogP contribution in [0.1, 0.15) is 59.8 Å². The van der Waals surface area contributed by atoms with Gasteiger partial charge in [-0.05, 0) is 63.6 Å². The van der Waals surface area contributed by atoms with E-state index in [2.05, 4.69) is 5.32 Å². The molecule has 2 atom stereocenters. The molecule has 0 spiro atoms. The Morgan fingerprint density at radius 3 is 1.61 bits per heavy atom. The molecule has 0 bridgehead atoms. The van der Waals surface area contributed by atoms with Crippen molar-refractivity contribution in [3.63, 3.8) is 0 Å². The van der Waals surface area contributed by atoms with Gasteiger partial charge in [-0.15, -0.1) is 0 Å². The standard InChI is InChI=1S/C20H23F2N3O5.C19H20F2N2O4/c1-20(2,3)30-18(27)23-10-13-11-25(19(28)29-13)15-5-4-14(16(21)17(15)22)24-8-6-12(26)7-9-24;1-2-12(24)3-4-14-11-23(19(26)27-14)16-6-5-15(17(20)18(16)21)22-9-7-13(25)8-10-22/h4-6,8,13H,7,9-11H2,1-3H3,(H,23,27);5-7,9,14H,2-4,8,10-11H2,1H3/t13-;14-/m00/s1. The van der Waals surface area contributed by atoms with Gasteiger partial charge in [0.15, 0.2) is 34.8 Å². The van der Waals surface area contributed by atoms with Crippen LogP contribution in [0.4, 0.5) is 54.7 Å². The summed E-state index contributed by atoms with van der Waals surface area (Å²) in [7, 11) is 0. The van der Waals surface area contributed by atoms with Gasteiger partial charge in [0.25, 0.3) is 0 Å². The zero-order valence-electron chi connectivity index (χ0n) is 31.8. The van der Waals surface area contributed by atoms with E-state index in [-0.39, 0.29) is 92.1 Å². The largest absolute Gasteiger partial charge is 0.444 e. The highest BCUT2D eigenvalue weighted by Crippen LogP contribution is 2.34. The van der Waals surface area contributed by atoms with E-state index in [0.717, 1.165) is 9.80 Å². The summed E-state index contributed by atoms with van der Waals surface area (Å²) in [4.78, 5) is 74.8. The number of anilines is 4. The van der Waals surface area contributed by atoms with Crippen molar-refractivity contribution in [2.75, 3.05) is 52.3 Å². The molecule has 0 radical (unpaired) electrons. The first-order valence-corrected chi connectivity index (χ1v) is 18.3. The summed E-state index contributed by atoms with van der Waals surface area (Å²) < 4.78 is 73.9. The second-order valence-corrected chi connectivity index (χ2v) is 14.5. The van der Waals surface area contributed by atoms with E-state index in [1.54, 1.807) is 27.7 Å². The van der Waals surface area contributed by atoms with E-state index in [4.69, 9.17) is 14.2 Å². The number of rotatable bonds is 10. The van der Waals surface area contributed by atoms with E-state index in [9.17, 15) is 46.3 Å². The molecule has 3 amide bonds. The van der Waals surface area contributed by atoms with Gasteiger partial charge in [0.1, 0.15) is 23.6 Å². The fourth-order valence-corrected chi connectivity index (χ4v) is 6.15. The van der Waals surface area contributed by atoms with E-state index < -0.39 is 59.4 Å². The number of amides is 3. The Morgan fingerprint density at radius 2 is 1.18 bits per heavy atom. The normalized spacial score (nSPS) is 19.4. The molecule has 0 aromatic heterocycles. The number of carbonyl (C=O) groups excluding carboxylic acids is 6. The molecule has 2 aromatic carbocycles. The van der Waals surface area contributed by atoms with Crippen molar-refractivity contribution in [1.82, 2.24) is 5.32 Å². The molecule has 0 unspecified atom stereocenters. The first-order valence-electron chi connectivity index (χ1n) is 18.3. The number of alkyl carbamates (subject to hydrolysis) is 1. The molecule has 2 aromatic rings. The van der Waals surface area contributed by atoms with Gasteiger partial charge in [-0.3, -0.25) is 24.2 Å². The number of cyclic esters (lactones) is 2. The summed E-state index contributed by atoms with van der Waals surface area (Å²) in [5.41, 5.74) is -1.18. The molecule has 18 heteroatoms. The average Bonchev–Trinajstić information content (AvgIpc) is 3.73. The molecule has 0 saturated carbocycles. The predicted octanol–water partition coefficient (Wildman–Crippen LogP) is 6.45. The maximum absolute atomic E-state index is 14.7. The van der Waals surface area contributed by atoms with Gasteiger partial charge in [0.05, 0.1) is 42.4 Å². The number of nitrogens with zero attached hydrogens (tertiary/aromatic N) is 4. The zero-order chi connectivity index (χ0) is 41.6. The topological polar surface area (TPSA) is 155 Å². The number of allylic oxidation sites excluding steroid dienone is 2. The van der Waals surface area contributed by atoms with Gasteiger partial charge < -0.3 is 29.3 Å². The van der Waals surface area contributed by atoms with Crippen molar-refractivity contribution in [2.45, 2.75) is 77.6 Å². The first-order chi connectivity index (χ1) is 26.9. The van der Waals surface area contributed by atoms with E-state index in [0.29, 0.717) is 12.8 Å². The zero-order valence-corrected chi connectivity index (χ0v) is 31.8. The number of benzene rings is 2. The molecule has 57 heavy (non-hydrogen) atoms. The first kappa shape index (κ1) is 42.2. The average molecular weight is 802 g/mol. The third kappa shape index (κ3) is 10.5. The van der Waals surface area contributed by atoms with Gasteiger partial charge in [-0.1, -0.05) is 6.92 Å². The molecule has 2 fully saturated rings. The molecule has 4 aliphatic heterocycles. The lowest BCUT2D eigenvalue weighted by Crippen LogP contribution is -2.38. The van der Waals surface area contributed by atoms with Crippen LogP contribution < -0.4 is 24.9 Å². The van der Waals surface area contributed by atoms with E-state index in [1.165, 1.54) is 58.6 Å².